The van der Waals surface area contributed by atoms with E-state index in [0.717, 1.165) is 16.7 Å². The molecule has 0 saturated carbocycles. The number of aryl methyl sites for hydroxylation is 2. The summed E-state index contributed by atoms with van der Waals surface area (Å²) in [4.78, 5) is 24.7. The van der Waals surface area contributed by atoms with E-state index in [4.69, 9.17) is 28.2 Å². The summed E-state index contributed by atoms with van der Waals surface area (Å²) in [5.74, 6) is 0.572. The van der Waals surface area contributed by atoms with Crippen molar-refractivity contribution in [3.63, 3.8) is 0 Å². The van der Waals surface area contributed by atoms with Gasteiger partial charge in [-0.2, -0.15) is 0 Å². The molecule has 0 spiro atoms. The highest BCUT2D eigenvalue weighted by Crippen LogP contribution is 2.27. The molecular weight excluding hydrogens is 506 g/mol. The topological polar surface area (TPSA) is 83.4 Å². The first-order valence-corrected chi connectivity index (χ1v) is 12.2. The first kappa shape index (κ1) is 25.9. The fraction of sp³-hybridized carbons (Fsp3) is 0.0690. The van der Waals surface area contributed by atoms with Crippen LogP contribution in [0.3, 0.4) is 0 Å². The zero-order chi connectivity index (χ0) is 26.4. The number of nitrogens with one attached hydrogen (secondary N) is 3. The third kappa shape index (κ3) is 7.16. The maximum absolute atomic E-state index is 12.4. The summed E-state index contributed by atoms with van der Waals surface area (Å²) >= 11 is 11.4. The zero-order valence-electron chi connectivity index (χ0n) is 20.2. The summed E-state index contributed by atoms with van der Waals surface area (Å²) in [6.45, 7) is 3.87. The van der Waals surface area contributed by atoms with E-state index in [0.29, 0.717) is 33.5 Å². The van der Waals surface area contributed by atoms with Crippen LogP contribution in [-0.4, -0.2) is 16.9 Å². The summed E-state index contributed by atoms with van der Waals surface area (Å²) in [5.41, 5.74) is 4.74. The van der Waals surface area contributed by atoms with Crippen molar-refractivity contribution in [1.82, 2.24) is 5.32 Å². The lowest BCUT2D eigenvalue weighted by molar-refractivity contribution is -0.115. The molecule has 4 rings (SSSR count). The number of hydrogen-bond acceptors (Lipinski definition) is 4. The van der Waals surface area contributed by atoms with Gasteiger partial charge < -0.3 is 15.1 Å². The first-order valence-electron chi connectivity index (χ1n) is 11.4. The second-order valence-corrected chi connectivity index (χ2v) is 9.16. The van der Waals surface area contributed by atoms with Gasteiger partial charge in [0.15, 0.2) is 5.11 Å². The molecule has 0 bridgehead atoms. The van der Waals surface area contributed by atoms with E-state index in [1.54, 1.807) is 42.5 Å². The Labute approximate surface area is 225 Å². The lowest BCUT2D eigenvalue weighted by atomic mass is 10.1. The molecule has 0 atom stereocenters. The van der Waals surface area contributed by atoms with E-state index < -0.39 is 5.91 Å². The number of halogens is 1. The second kappa shape index (κ2) is 11.7. The van der Waals surface area contributed by atoms with Gasteiger partial charge in [0, 0.05) is 33.6 Å². The van der Waals surface area contributed by atoms with Crippen molar-refractivity contribution in [2.45, 2.75) is 13.8 Å². The Morgan fingerprint density at radius 1 is 0.892 bits per heavy atom. The van der Waals surface area contributed by atoms with Crippen LogP contribution in [0, 0.1) is 13.8 Å². The van der Waals surface area contributed by atoms with Gasteiger partial charge in [-0.15, -0.1) is 0 Å². The lowest BCUT2D eigenvalue weighted by Crippen LogP contribution is -2.32. The highest BCUT2D eigenvalue weighted by Gasteiger charge is 2.08. The molecule has 3 aromatic carbocycles. The Hall–Kier alpha value is -4.20. The van der Waals surface area contributed by atoms with E-state index in [1.165, 1.54) is 6.08 Å². The molecule has 0 fully saturated rings. The largest absolute Gasteiger partial charge is 0.457 e. The predicted molar refractivity (Wildman–Crippen MR) is 153 cm³/mol. The molecule has 8 heteroatoms. The average Bonchev–Trinajstić information content (AvgIpc) is 3.35. The molecule has 0 unspecified atom stereocenters. The van der Waals surface area contributed by atoms with Crippen molar-refractivity contribution in [2.75, 3.05) is 10.6 Å². The van der Waals surface area contributed by atoms with Crippen LogP contribution in [0.2, 0.25) is 5.02 Å². The number of carbonyl (C=O) groups is 2. The van der Waals surface area contributed by atoms with Crippen LogP contribution in [0.25, 0.3) is 17.4 Å². The van der Waals surface area contributed by atoms with Crippen molar-refractivity contribution < 1.29 is 14.0 Å². The van der Waals surface area contributed by atoms with E-state index in [-0.39, 0.29) is 11.0 Å². The van der Waals surface area contributed by atoms with Gasteiger partial charge in [0.2, 0.25) is 5.91 Å². The fourth-order valence-electron chi connectivity index (χ4n) is 3.44. The van der Waals surface area contributed by atoms with E-state index >= 15 is 0 Å². The number of rotatable bonds is 6. The van der Waals surface area contributed by atoms with Crippen LogP contribution in [0.4, 0.5) is 11.4 Å². The minimum absolute atomic E-state index is 0.139. The van der Waals surface area contributed by atoms with Crippen LogP contribution in [0.15, 0.2) is 89.4 Å². The normalized spacial score (nSPS) is 10.8. The number of anilines is 2. The van der Waals surface area contributed by atoms with Gasteiger partial charge >= 0.3 is 0 Å². The molecule has 0 saturated heterocycles. The highest BCUT2D eigenvalue weighted by atomic mass is 35.5. The quantitative estimate of drug-likeness (QED) is 0.185. The van der Waals surface area contributed by atoms with Crippen molar-refractivity contribution >= 4 is 58.2 Å². The van der Waals surface area contributed by atoms with Gasteiger partial charge in [-0.25, -0.2) is 0 Å². The van der Waals surface area contributed by atoms with Crippen LogP contribution < -0.4 is 16.0 Å². The Morgan fingerprint density at radius 2 is 1.62 bits per heavy atom. The second-order valence-electron chi connectivity index (χ2n) is 8.34. The Bertz CT molecular complexity index is 1490. The molecule has 3 N–H and O–H groups in total. The molecule has 2 amide bonds. The maximum Gasteiger partial charge on any atom is 0.255 e. The highest BCUT2D eigenvalue weighted by molar-refractivity contribution is 7.80. The molecule has 4 aromatic rings. The first-order chi connectivity index (χ1) is 17.8. The number of furan rings is 1. The minimum Gasteiger partial charge on any atom is -0.457 e. The molecule has 1 aromatic heterocycles. The smallest absolute Gasteiger partial charge is 0.255 e. The number of carbonyl (C=O) groups excluding carboxylic acids is 2. The SMILES string of the molecule is Cc1cccc(C(=O)Nc2ccc(NC(=S)NC(=O)/C=C/c3ccc(-c4ccc(C)c(Cl)c4)o3)cc2)c1. The number of amides is 2. The van der Waals surface area contributed by atoms with Crippen LogP contribution in [0.1, 0.15) is 27.2 Å². The standard InChI is InChI=1S/C29H24ClN3O3S/c1-18-4-3-5-21(16-18)28(35)31-22-8-10-23(11-9-22)32-29(37)33-27(34)15-13-24-12-14-26(36-24)20-7-6-19(2)25(30)17-20/h3-17H,1-2H3,(H,31,35)(H2,32,33,34,37)/b15-13+. The van der Waals surface area contributed by atoms with Gasteiger partial charge in [0.25, 0.3) is 5.91 Å². The van der Waals surface area contributed by atoms with E-state index in [1.807, 2.05) is 56.3 Å². The van der Waals surface area contributed by atoms with Crippen molar-refractivity contribution in [1.29, 1.82) is 0 Å². The molecule has 186 valence electrons. The number of thiocarbonyl (C=S) groups is 1. The minimum atomic E-state index is -0.407. The molecular formula is C29H24ClN3O3S. The lowest BCUT2D eigenvalue weighted by Gasteiger charge is -2.10. The Morgan fingerprint density at radius 3 is 2.32 bits per heavy atom. The van der Waals surface area contributed by atoms with Gasteiger partial charge in [0.1, 0.15) is 11.5 Å². The molecule has 0 aliphatic heterocycles. The summed E-state index contributed by atoms with van der Waals surface area (Å²) in [5, 5.41) is 9.19. The summed E-state index contributed by atoms with van der Waals surface area (Å²) in [6.07, 6.45) is 2.89. The third-order valence-electron chi connectivity index (χ3n) is 5.40. The van der Waals surface area contributed by atoms with Gasteiger partial charge in [-0.3, -0.25) is 14.9 Å². The predicted octanol–water partition coefficient (Wildman–Crippen LogP) is 7.00. The fourth-order valence-corrected chi connectivity index (χ4v) is 3.84. The molecule has 1 heterocycles. The monoisotopic (exact) mass is 529 g/mol. The van der Waals surface area contributed by atoms with Crippen molar-refractivity contribution in [3.05, 3.63) is 112 Å². The van der Waals surface area contributed by atoms with Crippen LogP contribution >= 0.6 is 23.8 Å². The molecule has 0 radical (unpaired) electrons. The average molecular weight is 530 g/mol. The van der Waals surface area contributed by atoms with E-state index in [2.05, 4.69) is 16.0 Å². The molecule has 6 nitrogen and oxygen atoms in total. The molecule has 37 heavy (non-hydrogen) atoms. The Kier molecular flexibility index (Phi) is 8.18. The van der Waals surface area contributed by atoms with Gasteiger partial charge in [-0.1, -0.05) is 41.4 Å². The third-order valence-corrected chi connectivity index (χ3v) is 6.01. The zero-order valence-corrected chi connectivity index (χ0v) is 21.7. The maximum atomic E-state index is 12.4. The summed E-state index contributed by atoms with van der Waals surface area (Å²) in [6, 6.07) is 23.6. The van der Waals surface area contributed by atoms with Crippen LogP contribution in [-0.2, 0) is 4.79 Å². The van der Waals surface area contributed by atoms with Crippen molar-refractivity contribution in [2.24, 2.45) is 0 Å². The Balaban J connectivity index is 1.28. The summed E-state index contributed by atoms with van der Waals surface area (Å²) < 4.78 is 5.78. The number of hydrogen-bond donors (Lipinski definition) is 3. The van der Waals surface area contributed by atoms with Crippen LogP contribution in [0.5, 0.6) is 0 Å². The van der Waals surface area contributed by atoms with Crippen molar-refractivity contribution in [3.8, 4) is 11.3 Å². The molecule has 0 aliphatic carbocycles. The van der Waals surface area contributed by atoms with Gasteiger partial charge in [0.05, 0.1) is 0 Å². The molecule has 0 aliphatic rings. The van der Waals surface area contributed by atoms with E-state index in [9.17, 15) is 9.59 Å². The van der Waals surface area contributed by atoms with Gasteiger partial charge in [-0.05, 0) is 92.3 Å². The number of benzene rings is 3. The summed E-state index contributed by atoms with van der Waals surface area (Å²) in [7, 11) is 0.